The summed E-state index contributed by atoms with van der Waals surface area (Å²) < 4.78 is 5.97. The molecule has 1 atom stereocenters. The van der Waals surface area contributed by atoms with Crippen LogP contribution in [0.5, 0.6) is 5.75 Å². The lowest BCUT2D eigenvalue weighted by atomic mass is 10.0. The summed E-state index contributed by atoms with van der Waals surface area (Å²) >= 11 is 3.41. The fourth-order valence-electron chi connectivity index (χ4n) is 2.54. The number of ether oxygens (including phenoxy) is 1. The maximum Gasteiger partial charge on any atom is 0.325 e. The predicted octanol–water partition coefficient (Wildman–Crippen LogP) is 3.07. The first-order valence-electron chi connectivity index (χ1n) is 6.44. The molecule has 0 amide bonds. The van der Waals surface area contributed by atoms with Crippen LogP contribution in [0.4, 0.5) is 0 Å². The molecule has 104 valence electrons. The van der Waals surface area contributed by atoms with Crippen LogP contribution in [0.15, 0.2) is 22.7 Å². The highest BCUT2D eigenvalue weighted by molar-refractivity contribution is 9.10. The molecule has 0 aromatic heterocycles. The lowest BCUT2D eigenvalue weighted by Crippen LogP contribution is -2.37. The summed E-state index contributed by atoms with van der Waals surface area (Å²) in [5.41, 5.74) is 0.794. The van der Waals surface area contributed by atoms with Crippen molar-refractivity contribution in [3.8, 4) is 5.75 Å². The van der Waals surface area contributed by atoms with E-state index in [-0.39, 0.29) is 0 Å². The zero-order valence-electron chi connectivity index (χ0n) is 10.9. The summed E-state index contributed by atoms with van der Waals surface area (Å²) in [6, 6.07) is 4.91. The number of halogens is 1. The first-order valence-corrected chi connectivity index (χ1v) is 7.23. The molecule has 0 spiro atoms. The van der Waals surface area contributed by atoms with Crippen molar-refractivity contribution in [2.45, 2.75) is 25.3 Å². The molecule has 2 rings (SSSR count). The van der Waals surface area contributed by atoms with Crippen molar-refractivity contribution in [3.05, 3.63) is 28.2 Å². The van der Waals surface area contributed by atoms with E-state index in [0.717, 1.165) is 36.0 Å². The Balaban J connectivity index is 2.28. The largest absolute Gasteiger partial charge is 0.496 e. The number of rotatable bonds is 4. The van der Waals surface area contributed by atoms with Gasteiger partial charge >= 0.3 is 5.97 Å². The van der Waals surface area contributed by atoms with Crippen LogP contribution in [0.2, 0.25) is 0 Å². The number of hydrogen-bond acceptors (Lipinski definition) is 3. The van der Waals surface area contributed by atoms with Gasteiger partial charge in [-0.3, -0.25) is 9.69 Å². The normalized spacial score (nSPS) is 18.0. The van der Waals surface area contributed by atoms with E-state index in [9.17, 15) is 9.90 Å². The van der Waals surface area contributed by atoms with Crippen molar-refractivity contribution >= 4 is 21.9 Å². The molecule has 1 saturated heterocycles. The number of piperidine rings is 1. The number of carboxylic acids is 1. The van der Waals surface area contributed by atoms with E-state index < -0.39 is 12.0 Å². The van der Waals surface area contributed by atoms with Crippen LogP contribution in [0.25, 0.3) is 0 Å². The molecule has 1 unspecified atom stereocenters. The average molecular weight is 328 g/mol. The molecule has 0 bridgehead atoms. The first-order chi connectivity index (χ1) is 9.13. The molecule has 19 heavy (non-hydrogen) atoms. The van der Waals surface area contributed by atoms with Gasteiger partial charge in [-0.05, 0) is 59.6 Å². The number of benzene rings is 1. The molecule has 0 aliphatic carbocycles. The van der Waals surface area contributed by atoms with Gasteiger partial charge in [0.1, 0.15) is 11.8 Å². The van der Waals surface area contributed by atoms with Crippen molar-refractivity contribution < 1.29 is 14.6 Å². The zero-order valence-corrected chi connectivity index (χ0v) is 12.5. The zero-order chi connectivity index (χ0) is 13.8. The molecular formula is C14H18BrNO3. The number of carboxylic acid groups (broad SMARTS) is 1. The minimum atomic E-state index is -0.793. The van der Waals surface area contributed by atoms with Crippen molar-refractivity contribution in [2.75, 3.05) is 20.2 Å². The van der Waals surface area contributed by atoms with Crippen molar-refractivity contribution in [2.24, 2.45) is 0 Å². The van der Waals surface area contributed by atoms with Gasteiger partial charge in [-0.25, -0.2) is 0 Å². The van der Waals surface area contributed by atoms with Gasteiger partial charge in [0, 0.05) is 0 Å². The van der Waals surface area contributed by atoms with Gasteiger partial charge < -0.3 is 9.84 Å². The molecule has 1 aliphatic rings. The maximum absolute atomic E-state index is 11.6. The first kappa shape index (κ1) is 14.3. The fraction of sp³-hybridized carbons (Fsp3) is 0.500. The summed E-state index contributed by atoms with van der Waals surface area (Å²) in [6.07, 6.45) is 3.33. The molecule has 1 heterocycles. The van der Waals surface area contributed by atoms with Gasteiger partial charge in [0.15, 0.2) is 0 Å². The van der Waals surface area contributed by atoms with Gasteiger partial charge in [-0.2, -0.15) is 0 Å². The van der Waals surface area contributed by atoms with Crippen molar-refractivity contribution in [1.82, 2.24) is 4.90 Å². The van der Waals surface area contributed by atoms with E-state index in [2.05, 4.69) is 15.9 Å². The Bertz CT molecular complexity index is 458. The van der Waals surface area contributed by atoms with Gasteiger partial charge in [0.25, 0.3) is 0 Å². The van der Waals surface area contributed by atoms with Crippen LogP contribution in [-0.2, 0) is 4.79 Å². The van der Waals surface area contributed by atoms with E-state index in [4.69, 9.17) is 4.74 Å². The Morgan fingerprint density at radius 2 is 2.05 bits per heavy atom. The Kier molecular flexibility index (Phi) is 4.82. The van der Waals surface area contributed by atoms with Crippen LogP contribution in [0, 0.1) is 0 Å². The minimum Gasteiger partial charge on any atom is -0.496 e. The Hall–Kier alpha value is -1.07. The topological polar surface area (TPSA) is 49.8 Å². The summed E-state index contributed by atoms with van der Waals surface area (Å²) in [5, 5.41) is 9.51. The number of aliphatic carboxylic acids is 1. The Morgan fingerprint density at radius 3 is 2.58 bits per heavy atom. The van der Waals surface area contributed by atoms with Crippen LogP contribution in [0.1, 0.15) is 30.9 Å². The second kappa shape index (κ2) is 6.39. The SMILES string of the molecule is COc1ccc(C(C(=O)O)N2CCCCC2)cc1Br. The van der Waals surface area contributed by atoms with Crippen LogP contribution < -0.4 is 4.74 Å². The standard InChI is InChI=1S/C14H18BrNO3/c1-19-12-6-5-10(9-11(12)15)13(14(17)18)16-7-3-2-4-8-16/h5-6,9,13H,2-4,7-8H2,1H3,(H,17,18). The van der Waals surface area contributed by atoms with E-state index in [1.807, 2.05) is 17.0 Å². The second-order valence-electron chi connectivity index (χ2n) is 4.73. The molecule has 1 aromatic rings. The average Bonchev–Trinajstić information content (AvgIpc) is 2.40. The van der Waals surface area contributed by atoms with E-state index in [1.54, 1.807) is 13.2 Å². The number of nitrogens with zero attached hydrogens (tertiary/aromatic N) is 1. The highest BCUT2D eigenvalue weighted by atomic mass is 79.9. The lowest BCUT2D eigenvalue weighted by molar-refractivity contribution is -0.144. The predicted molar refractivity (Wildman–Crippen MR) is 76.5 cm³/mol. The van der Waals surface area contributed by atoms with Gasteiger partial charge in [0.05, 0.1) is 11.6 Å². The quantitative estimate of drug-likeness (QED) is 0.923. The molecule has 0 saturated carbocycles. The van der Waals surface area contributed by atoms with Gasteiger partial charge in [-0.1, -0.05) is 12.5 Å². The molecule has 1 fully saturated rings. The van der Waals surface area contributed by atoms with Crippen molar-refractivity contribution in [1.29, 1.82) is 0 Å². The molecule has 0 radical (unpaired) electrons. The number of carbonyl (C=O) groups is 1. The van der Waals surface area contributed by atoms with Crippen LogP contribution >= 0.6 is 15.9 Å². The molecule has 1 aromatic carbocycles. The third-order valence-corrected chi connectivity index (χ3v) is 4.10. The van der Waals surface area contributed by atoms with Crippen LogP contribution in [-0.4, -0.2) is 36.2 Å². The smallest absolute Gasteiger partial charge is 0.325 e. The highest BCUT2D eigenvalue weighted by Gasteiger charge is 2.28. The lowest BCUT2D eigenvalue weighted by Gasteiger charge is -2.32. The number of methoxy groups -OCH3 is 1. The minimum absolute atomic E-state index is 0.567. The van der Waals surface area contributed by atoms with Gasteiger partial charge in [0.2, 0.25) is 0 Å². The maximum atomic E-state index is 11.6. The van der Waals surface area contributed by atoms with E-state index >= 15 is 0 Å². The van der Waals surface area contributed by atoms with Crippen molar-refractivity contribution in [3.63, 3.8) is 0 Å². The fourth-order valence-corrected chi connectivity index (χ4v) is 3.10. The van der Waals surface area contributed by atoms with Crippen LogP contribution in [0.3, 0.4) is 0 Å². The van der Waals surface area contributed by atoms with E-state index in [0.29, 0.717) is 5.75 Å². The Morgan fingerprint density at radius 1 is 1.37 bits per heavy atom. The molecule has 5 heteroatoms. The second-order valence-corrected chi connectivity index (χ2v) is 5.59. The summed E-state index contributed by atoms with van der Waals surface area (Å²) in [4.78, 5) is 13.6. The van der Waals surface area contributed by atoms with Gasteiger partial charge in [-0.15, -0.1) is 0 Å². The third-order valence-electron chi connectivity index (χ3n) is 3.48. The summed E-state index contributed by atoms with van der Waals surface area (Å²) in [5.74, 6) is -0.0782. The number of hydrogen-bond donors (Lipinski definition) is 1. The van der Waals surface area contributed by atoms with E-state index in [1.165, 1.54) is 6.42 Å². The number of likely N-dealkylation sites (tertiary alicyclic amines) is 1. The monoisotopic (exact) mass is 327 g/mol. The summed E-state index contributed by atoms with van der Waals surface area (Å²) in [7, 11) is 1.60. The molecule has 1 aliphatic heterocycles. The Labute approximate surface area is 121 Å². The highest BCUT2D eigenvalue weighted by Crippen LogP contribution is 2.31. The molecule has 4 nitrogen and oxygen atoms in total. The third kappa shape index (κ3) is 3.28. The summed E-state index contributed by atoms with van der Waals surface area (Å²) in [6.45, 7) is 1.70. The molecule has 1 N–H and O–H groups in total. The molecular weight excluding hydrogens is 310 g/mol.